The molecule has 100 valence electrons. The Bertz CT molecular complexity index is 418. The normalized spacial score (nSPS) is 15.8. The zero-order chi connectivity index (χ0) is 13.8. The third-order valence-corrected chi connectivity index (χ3v) is 3.48. The summed E-state index contributed by atoms with van der Waals surface area (Å²) in [6.45, 7) is 5.76. The van der Waals surface area contributed by atoms with E-state index in [2.05, 4.69) is 21.2 Å². The van der Waals surface area contributed by atoms with E-state index >= 15 is 0 Å². The lowest BCUT2D eigenvalue weighted by atomic mass is 9.95. The van der Waals surface area contributed by atoms with Crippen molar-refractivity contribution in [3.05, 3.63) is 34.3 Å². The number of nitrogens with two attached hydrogens (primary N) is 1. The fraction of sp³-hybridized carbons (Fsp3) is 0.500. The molecular weight excluding hydrogens is 292 g/mol. The van der Waals surface area contributed by atoms with Crippen molar-refractivity contribution in [1.29, 1.82) is 0 Å². The predicted octanol–water partition coefficient (Wildman–Crippen LogP) is 3.14. The molecule has 2 atom stereocenters. The van der Waals surface area contributed by atoms with E-state index in [9.17, 15) is 4.79 Å². The van der Waals surface area contributed by atoms with Crippen LogP contribution in [-0.2, 0) is 4.79 Å². The predicted molar refractivity (Wildman–Crippen MR) is 78.2 cm³/mol. The number of amides is 1. The Morgan fingerprint density at radius 3 is 2.78 bits per heavy atom. The smallest absolute Gasteiger partial charge is 0.240 e. The second kappa shape index (κ2) is 6.34. The number of hydrogen-bond acceptors (Lipinski definition) is 2. The van der Waals surface area contributed by atoms with Gasteiger partial charge in [-0.1, -0.05) is 41.4 Å². The first kappa shape index (κ1) is 15.2. The number of benzene rings is 1. The molecule has 0 saturated heterocycles. The lowest BCUT2D eigenvalue weighted by Crippen LogP contribution is -2.52. The molecule has 3 nitrogen and oxygen atoms in total. The maximum atomic E-state index is 12.1. The van der Waals surface area contributed by atoms with Gasteiger partial charge in [0.15, 0.2) is 0 Å². The van der Waals surface area contributed by atoms with Gasteiger partial charge in [-0.25, -0.2) is 0 Å². The van der Waals surface area contributed by atoms with E-state index in [0.29, 0.717) is 6.42 Å². The lowest BCUT2D eigenvalue weighted by Gasteiger charge is -2.25. The van der Waals surface area contributed by atoms with Crippen molar-refractivity contribution in [2.45, 2.75) is 45.2 Å². The van der Waals surface area contributed by atoms with Crippen LogP contribution in [0.3, 0.4) is 0 Å². The minimum Gasteiger partial charge on any atom is -0.348 e. The van der Waals surface area contributed by atoms with Gasteiger partial charge in [-0.3, -0.25) is 4.79 Å². The fourth-order valence-corrected chi connectivity index (χ4v) is 2.27. The zero-order valence-corrected chi connectivity index (χ0v) is 12.8. The third-order valence-electron chi connectivity index (χ3n) is 2.98. The molecule has 1 aromatic rings. The van der Waals surface area contributed by atoms with Gasteiger partial charge in [-0.2, -0.15) is 0 Å². The summed E-state index contributed by atoms with van der Waals surface area (Å²) in [5.74, 6) is -0.100. The summed E-state index contributed by atoms with van der Waals surface area (Å²) < 4.78 is 1.00. The molecule has 4 heteroatoms. The van der Waals surface area contributed by atoms with Crippen LogP contribution in [0.2, 0.25) is 0 Å². The van der Waals surface area contributed by atoms with Gasteiger partial charge in [-0.05, 0) is 38.0 Å². The molecule has 0 radical (unpaired) electrons. The van der Waals surface area contributed by atoms with Gasteiger partial charge in [0.05, 0.1) is 11.6 Å². The summed E-state index contributed by atoms with van der Waals surface area (Å²) in [5, 5.41) is 2.96. The van der Waals surface area contributed by atoms with Crippen LogP contribution in [0.1, 0.15) is 45.2 Å². The third kappa shape index (κ3) is 4.10. The maximum absolute atomic E-state index is 12.1. The van der Waals surface area contributed by atoms with E-state index in [1.54, 1.807) is 6.92 Å². The number of carbonyl (C=O) groups is 1. The van der Waals surface area contributed by atoms with Crippen LogP contribution in [0, 0.1) is 0 Å². The van der Waals surface area contributed by atoms with Gasteiger partial charge >= 0.3 is 0 Å². The summed E-state index contributed by atoms with van der Waals surface area (Å²) in [7, 11) is 0. The topological polar surface area (TPSA) is 55.1 Å². The minimum atomic E-state index is -0.797. The molecule has 1 amide bonds. The molecule has 18 heavy (non-hydrogen) atoms. The number of halogens is 1. The van der Waals surface area contributed by atoms with Crippen LogP contribution in [0.25, 0.3) is 0 Å². The minimum absolute atomic E-state index is 0.0465. The highest BCUT2D eigenvalue weighted by Gasteiger charge is 2.28. The molecule has 0 saturated carbocycles. The van der Waals surface area contributed by atoms with Crippen LogP contribution in [-0.4, -0.2) is 11.4 Å². The molecule has 1 rings (SSSR count). The average molecular weight is 313 g/mol. The average Bonchev–Trinajstić information content (AvgIpc) is 2.28. The van der Waals surface area contributed by atoms with E-state index in [1.165, 1.54) is 0 Å². The van der Waals surface area contributed by atoms with Gasteiger partial charge in [-0.15, -0.1) is 0 Å². The van der Waals surface area contributed by atoms with E-state index < -0.39 is 5.54 Å². The van der Waals surface area contributed by atoms with Crippen LogP contribution in [0.15, 0.2) is 28.7 Å². The summed E-state index contributed by atoms with van der Waals surface area (Å²) in [6, 6.07) is 7.86. The molecule has 0 aliphatic carbocycles. The summed E-state index contributed by atoms with van der Waals surface area (Å²) in [4.78, 5) is 12.1. The SMILES string of the molecule is CCCC(C)(N)C(=O)NC(C)c1cccc(Br)c1. The Labute approximate surface area is 117 Å². The second-order valence-electron chi connectivity index (χ2n) is 4.92. The zero-order valence-electron chi connectivity index (χ0n) is 11.2. The molecule has 0 fully saturated rings. The number of hydrogen-bond donors (Lipinski definition) is 2. The molecular formula is C14H21BrN2O. The quantitative estimate of drug-likeness (QED) is 0.877. The summed E-state index contributed by atoms with van der Waals surface area (Å²) >= 11 is 3.42. The summed E-state index contributed by atoms with van der Waals surface area (Å²) in [5.41, 5.74) is 6.27. The van der Waals surface area contributed by atoms with Crippen molar-refractivity contribution in [1.82, 2.24) is 5.32 Å². The number of nitrogens with one attached hydrogen (secondary N) is 1. The lowest BCUT2D eigenvalue weighted by molar-refractivity contribution is -0.126. The molecule has 0 aliphatic rings. The molecule has 1 aromatic carbocycles. The van der Waals surface area contributed by atoms with Crippen molar-refractivity contribution >= 4 is 21.8 Å². The molecule has 0 aromatic heterocycles. The highest BCUT2D eigenvalue weighted by molar-refractivity contribution is 9.10. The van der Waals surface area contributed by atoms with Crippen molar-refractivity contribution < 1.29 is 4.79 Å². The van der Waals surface area contributed by atoms with E-state index in [0.717, 1.165) is 16.5 Å². The van der Waals surface area contributed by atoms with Crippen molar-refractivity contribution in [3.63, 3.8) is 0 Å². The van der Waals surface area contributed by atoms with Crippen molar-refractivity contribution in [3.8, 4) is 0 Å². The van der Waals surface area contributed by atoms with E-state index in [1.807, 2.05) is 38.1 Å². The van der Waals surface area contributed by atoms with Crippen LogP contribution in [0.4, 0.5) is 0 Å². The highest BCUT2D eigenvalue weighted by atomic mass is 79.9. The summed E-state index contributed by atoms with van der Waals surface area (Å²) in [6.07, 6.45) is 1.58. The van der Waals surface area contributed by atoms with Gasteiger partial charge in [0, 0.05) is 4.47 Å². The first-order chi connectivity index (χ1) is 8.36. The van der Waals surface area contributed by atoms with Crippen molar-refractivity contribution in [2.24, 2.45) is 5.73 Å². The van der Waals surface area contributed by atoms with E-state index in [-0.39, 0.29) is 11.9 Å². The van der Waals surface area contributed by atoms with Crippen LogP contribution in [0.5, 0.6) is 0 Å². The van der Waals surface area contributed by atoms with Crippen LogP contribution < -0.4 is 11.1 Å². The number of carbonyl (C=O) groups excluding carboxylic acids is 1. The van der Waals surface area contributed by atoms with Gasteiger partial charge < -0.3 is 11.1 Å². The Balaban J connectivity index is 2.70. The number of rotatable bonds is 5. The van der Waals surface area contributed by atoms with Gasteiger partial charge in [0.2, 0.25) is 5.91 Å². The van der Waals surface area contributed by atoms with Crippen LogP contribution >= 0.6 is 15.9 Å². The largest absolute Gasteiger partial charge is 0.348 e. The first-order valence-corrected chi connectivity index (χ1v) is 7.01. The van der Waals surface area contributed by atoms with Gasteiger partial charge in [0.1, 0.15) is 0 Å². The Morgan fingerprint density at radius 1 is 1.56 bits per heavy atom. The fourth-order valence-electron chi connectivity index (χ4n) is 1.85. The molecule has 2 unspecified atom stereocenters. The highest BCUT2D eigenvalue weighted by Crippen LogP contribution is 2.19. The monoisotopic (exact) mass is 312 g/mol. The molecule has 0 aliphatic heterocycles. The van der Waals surface area contributed by atoms with Crippen molar-refractivity contribution in [2.75, 3.05) is 0 Å². The molecule has 0 heterocycles. The second-order valence-corrected chi connectivity index (χ2v) is 5.83. The standard InChI is InChI=1S/C14H21BrN2O/c1-4-8-14(3,16)13(18)17-10(2)11-6-5-7-12(15)9-11/h5-7,9-10H,4,8,16H2,1-3H3,(H,17,18). The maximum Gasteiger partial charge on any atom is 0.240 e. The van der Waals surface area contributed by atoms with Gasteiger partial charge in [0.25, 0.3) is 0 Å². The Morgan fingerprint density at radius 2 is 2.22 bits per heavy atom. The van der Waals surface area contributed by atoms with E-state index in [4.69, 9.17) is 5.73 Å². The first-order valence-electron chi connectivity index (χ1n) is 6.22. The Kier molecular flexibility index (Phi) is 5.35. The molecule has 0 spiro atoms. The Hall–Kier alpha value is -0.870. The molecule has 3 N–H and O–H groups in total. The molecule has 0 bridgehead atoms.